The zero-order valence-corrected chi connectivity index (χ0v) is 6.89. The molecular weight excluding hydrogens is 124 g/mol. The summed E-state index contributed by atoms with van der Waals surface area (Å²) in [5.41, 5.74) is 2.08. The van der Waals surface area contributed by atoms with Crippen molar-refractivity contribution in [1.29, 1.82) is 0 Å². The van der Waals surface area contributed by atoms with Crippen molar-refractivity contribution in [2.45, 2.75) is 20.3 Å². The van der Waals surface area contributed by atoms with E-state index in [1.807, 2.05) is 19.9 Å². The molecule has 0 fully saturated rings. The first-order valence-electron chi connectivity index (χ1n) is 3.26. The molecule has 0 atom stereocenters. The van der Waals surface area contributed by atoms with Crippen molar-refractivity contribution in [1.82, 2.24) is 0 Å². The molecule has 2 heteroatoms. The summed E-state index contributed by atoms with van der Waals surface area (Å²) in [6, 6.07) is 0. The van der Waals surface area contributed by atoms with Crippen LogP contribution >= 0.6 is 0 Å². The van der Waals surface area contributed by atoms with Gasteiger partial charge in [0.05, 0.1) is 0 Å². The maximum absolute atomic E-state index is 4.00. The van der Waals surface area contributed by atoms with Gasteiger partial charge in [0.1, 0.15) is 0 Å². The van der Waals surface area contributed by atoms with E-state index in [-0.39, 0.29) is 0 Å². The Labute approximate surface area is 62.4 Å². The van der Waals surface area contributed by atoms with Crippen molar-refractivity contribution in [2.75, 3.05) is 7.05 Å². The van der Waals surface area contributed by atoms with Gasteiger partial charge in [-0.15, -0.1) is 0 Å². The molecule has 0 aromatic heterocycles. The van der Waals surface area contributed by atoms with Gasteiger partial charge in [0.2, 0.25) is 0 Å². The van der Waals surface area contributed by atoms with Crippen LogP contribution in [-0.2, 0) is 0 Å². The fourth-order valence-electron chi connectivity index (χ4n) is 0.451. The van der Waals surface area contributed by atoms with Gasteiger partial charge in [-0.1, -0.05) is 6.08 Å². The first-order chi connectivity index (χ1) is 4.70. The van der Waals surface area contributed by atoms with Crippen LogP contribution in [0.25, 0.3) is 0 Å². The van der Waals surface area contributed by atoms with Crippen LogP contribution in [0.4, 0.5) is 0 Å². The molecule has 0 aliphatic rings. The smallest absolute Gasteiger partial charge is 0.0329 e. The first kappa shape index (κ1) is 9.08. The maximum Gasteiger partial charge on any atom is 0.0329 e. The van der Waals surface area contributed by atoms with Crippen LogP contribution in [0.3, 0.4) is 0 Å². The van der Waals surface area contributed by atoms with Crippen molar-refractivity contribution >= 4 is 12.4 Å². The Bertz CT molecular complexity index is 166. The Morgan fingerprint density at radius 2 is 2.10 bits per heavy atom. The van der Waals surface area contributed by atoms with Gasteiger partial charge in [-0.2, -0.15) is 0 Å². The molecule has 0 radical (unpaired) electrons. The van der Waals surface area contributed by atoms with Crippen molar-refractivity contribution in [3.8, 4) is 0 Å². The molecule has 0 saturated carbocycles. The second-order valence-electron chi connectivity index (χ2n) is 2.17. The van der Waals surface area contributed by atoms with E-state index in [1.54, 1.807) is 7.05 Å². The maximum atomic E-state index is 4.00. The van der Waals surface area contributed by atoms with Crippen LogP contribution in [0, 0.1) is 0 Å². The zero-order chi connectivity index (χ0) is 7.98. The standard InChI is InChI=1S/C8H14N2/c1-7(9-3)5-6-8(2)10-4/h5H,3,6H2,1-2,4H3/b7-5?,10-8-. The normalized spacial score (nSPS) is 13.5. The number of rotatable bonds is 3. The van der Waals surface area contributed by atoms with Crippen molar-refractivity contribution in [2.24, 2.45) is 9.98 Å². The van der Waals surface area contributed by atoms with Gasteiger partial charge in [0, 0.05) is 24.9 Å². The monoisotopic (exact) mass is 138 g/mol. The molecule has 0 aliphatic carbocycles. The summed E-state index contributed by atoms with van der Waals surface area (Å²) in [5.74, 6) is 0. The summed E-state index contributed by atoms with van der Waals surface area (Å²) >= 11 is 0. The molecule has 0 aromatic carbocycles. The van der Waals surface area contributed by atoms with E-state index in [9.17, 15) is 0 Å². The largest absolute Gasteiger partial charge is 0.297 e. The van der Waals surface area contributed by atoms with Crippen molar-refractivity contribution in [3.63, 3.8) is 0 Å². The second-order valence-corrected chi connectivity index (χ2v) is 2.17. The van der Waals surface area contributed by atoms with E-state index in [0.29, 0.717) is 0 Å². The molecule has 0 amide bonds. The van der Waals surface area contributed by atoms with Crippen LogP contribution in [0.1, 0.15) is 20.3 Å². The summed E-state index contributed by atoms with van der Waals surface area (Å²) < 4.78 is 0. The number of aliphatic imine (C=N–C) groups is 2. The van der Waals surface area contributed by atoms with E-state index >= 15 is 0 Å². The van der Waals surface area contributed by atoms with E-state index < -0.39 is 0 Å². The highest BCUT2D eigenvalue weighted by atomic mass is 14.7. The van der Waals surface area contributed by atoms with Gasteiger partial charge < -0.3 is 0 Å². The summed E-state index contributed by atoms with van der Waals surface area (Å²) in [4.78, 5) is 7.76. The Kier molecular flexibility index (Phi) is 4.46. The molecular formula is C8H14N2. The molecule has 0 aliphatic heterocycles. The molecule has 0 bridgehead atoms. The van der Waals surface area contributed by atoms with Gasteiger partial charge in [0.15, 0.2) is 0 Å². The van der Waals surface area contributed by atoms with Gasteiger partial charge in [-0.3, -0.25) is 9.98 Å². The zero-order valence-electron chi connectivity index (χ0n) is 6.89. The number of nitrogens with zero attached hydrogens (tertiary/aromatic N) is 2. The van der Waals surface area contributed by atoms with E-state index in [2.05, 4.69) is 16.7 Å². The first-order valence-corrected chi connectivity index (χ1v) is 3.26. The topological polar surface area (TPSA) is 24.7 Å². The Hall–Kier alpha value is -0.920. The lowest BCUT2D eigenvalue weighted by Crippen LogP contribution is -1.87. The highest BCUT2D eigenvalue weighted by Gasteiger charge is 1.85. The molecule has 2 nitrogen and oxygen atoms in total. The minimum atomic E-state index is 0.876. The molecule has 0 rings (SSSR count). The average Bonchev–Trinajstić information content (AvgIpc) is 1.99. The Morgan fingerprint density at radius 3 is 2.50 bits per heavy atom. The minimum Gasteiger partial charge on any atom is -0.297 e. The third kappa shape index (κ3) is 4.01. The van der Waals surface area contributed by atoms with Crippen molar-refractivity contribution in [3.05, 3.63) is 11.8 Å². The summed E-state index contributed by atoms with van der Waals surface area (Å²) in [6.07, 6.45) is 2.89. The number of hydrogen-bond donors (Lipinski definition) is 0. The fourth-order valence-corrected chi connectivity index (χ4v) is 0.451. The molecule has 0 saturated heterocycles. The lowest BCUT2D eigenvalue weighted by atomic mass is 10.2. The quantitative estimate of drug-likeness (QED) is 0.533. The molecule has 0 heterocycles. The minimum absolute atomic E-state index is 0.876. The summed E-state index contributed by atoms with van der Waals surface area (Å²) in [7, 11) is 1.79. The van der Waals surface area contributed by atoms with E-state index in [0.717, 1.165) is 17.8 Å². The van der Waals surface area contributed by atoms with Gasteiger partial charge in [0.25, 0.3) is 0 Å². The van der Waals surface area contributed by atoms with Crippen LogP contribution in [0.5, 0.6) is 0 Å². The SMILES string of the molecule is C=NC(C)=CC/C(C)=N\C. The van der Waals surface area contributed by atoms with Gasteiger partial charge >= 0.3 is 0 Å². The van der Waals surface area contributed by atoms with Crippen LogP contribution < -0.4 is 0 Å². The second kappa shape index (κ2) is 4.91. The van der Waals surface area contributed by atoms with E-state index in [4.69, 9.17) is 0 Å². The predicted molar refractivity (Wildman–Crippen MR) is 47.0 cm³/mol. The highest BCUT2D eigenvalue weighted by molar-refractivity contribution is 5.83. The lowest BCUT2D eigenvalue weighted by Gasteiger charge is -1.92. The van der Waals surface area contributed by atoms with E-state index in [1.165, 1.54) is 0 Å². The van der Waals surface area contributed by atoms with Crippen LogP contribution in [-0.4, -0.2) is 19.5 Å². The van der Waals surface area contributed by atoms with Gasteiger partial charge in [-0.25, -0.2) is 0 Å². The Morgan fingerprint density at radius 1 is 1.50 bits per heavy atom. The predicted octanol–water partition coefficient (Wildman–Crippen LogP) is 2.07. The molecule has 56 valence electrons. The van der Waals surface area contributed by atoms with Crippen molar-refractivity contribution < 1.29 is 0 Å². The summed E-state index contributed by atoms with van der Waals surface area (Å²) in [5, 5.41) is 0. The van der Waals surface area contributed by atoms with Crippen LogP contribution in [0.2, 0.25) is 0 Å². The molecule has 0 spiro atoms. The molecule has 10 heavy (non-hydrogen) atoms. The number of allylic oxidation sites excluding steroid dienone is 2. The average molecular weight is 138 g/mol. The highest BCUT2D eigenvalue weighted by Crippen LogP contribution is 1.96. The summed E-state index contributed by atoms with van der Waals surface area (Å²) in [6.45, 7) is 7.33. The number of hydrogen-bond acceptors (Lipinski definition) is 2. The molecule has 0 N–H and O–H groups in total. The fraction of sp³-hybridized carbons (Fsp3) is 0.500. The third-order valence-electron chi connectivity index (χ3n) is 1.32. The molecule has 0 aromatic rings. The molecule has 0 unspecified atom stereocenters. The third-order valence-corrected chi connectivity index (χ3v) is 1.32. The Balaban J connectivity index is 3.83. The van der Waals surface area contributed by atoms with Crippen LogP contribution in [0.15, 0.2) is 21.8 Å². The lowest BCUT2D eigenvalue weighted by molar-refractivity contribution is 1.24. The van der Waals surface area contributed by atoms with Gasteiger partial charge in [-0.05, 0) is 20.6 Å².